The average molecular weight is 1850 g/mol. The highest BCUT2D eigenvalue weighted by Gasteiger charge is 2.53. The van der Waals surface area contributed by atoms with Crippen LogP contribution >= 0.6 is 0 Å². The van der Waals surface area contributed by atoms with Gasteiger partial charge in [-0.05, 0) is 265 Å². The van der Waals surface area contributed by atoms with Crippen molar-refractivity contribution in [2.24, 2.45) is 109 Å². The number of carbonyl (C=O) groups excluding carboxylic acids is 5. The number of fused-ring (bicyclic) bond motifs is 7. The van der Waals surface area contributed by atoms with Crippen LogP contribution in [-0.4, -0.2) is 79.7 Å². The van der Waals surface area contributed by atoms with Crippen molar-refractivity contribution < 1.29 is 57.1 Å². The van der Waals surface area contributed by atoms with E-state index in [-0.39, 0.29) is 77.4 Å². The van der Waals surface area contributed by atoms with Crippen LogP contribution in [0.1, 0.15) is 550 Å². The number of allylic oxidation sites excluding steroid dienone is 2. The van der Waals surface area contributed by atoms with Crippen LogP contribution in [0.5, 0.6) is 0 Å². The third-order valence-corrected chi connectivity index (χ3v) is 37.3. The number of carbonyl (C=O) groups is 5. The maximum Gasteiger partial charge on any atom is 0.334 e. The number of rotatable bonds is 42. The molecule has 14 rings (SSSR count). The monoisotopic (exact) mass is 1850 g/mol. The molecule has 12 heteroatoms. The molecule has 0 aromatic rings. The van der Waals surface area contributed by atoms with Crippen LogP contribution in [0.15, 0.2) is 23.0 Å². The summed E-state index contributed by atoms with van der Waals surface area (Å²) in [4.78, 5) is 58.2. The van der Waals surface area contributed by atoms with Gasteiger partial charge < -0.3 is 33.2 Å². The Hall–Kier alpha value is -3.25. The topological polar surface area (TPSA) is 150 Å². The largest absolute Gasteiger partial charge is 0.462 e. The lowest BCUT2D eigenvalue weighted by molar-refractivity contribution is -0.170. The zero-order valence-corrected chi connectivity index (χ0v) is 90.3. The Morgan fingerprint density at radius 2 is 0.621 bits per heavy atom. The third kappa shape index (κ3) is 36.1. The molecular formula is C120H212O12. The van der Waals surface area contributed by atoms with Crippen molar-refractivity contribution in [3.63, 3.8) is 0 Å². The molecule has 0 bridgehead atoms. The zero-order chi connectivity index (χ0) is 96.1. The molecule has 12 fully saturated rings. The molecule has 23 unspecified atom stereocenters. The lowest BCUT2D eigenvalue weighted by Crippen LogP contribution is -2.45. The van der Waals surface area contributed by atoms with Gasteiger partial charge >= 0.3 is 29.8 Å². The Kier molecular flexibility index (Phi) is 49.2. The van der Waals surface area contributed by atoms with Crippen molar-refractivity contribution in [2.45, 2.75) is 587 Å². The van der Waals surface area contributed by atoms with Gasteiger partial charge in [0.25, 0.3) is 0 Å². The smallest absolute Gasteiger partial charge is 0.334 e. The van der Waals surface area contributed by atoms with E-state index in [0.717, 1.165) is 86.7 Å². The quantitative estimate of drug-likeness (QED) is 0.0325. The van der Waals surface area contributed by atoms with Gasteiger partial charge in [-0.1, -0.05) is 363 Å². The van der Waals surface area contributed by atoms with Gasteiger partial charge in [0, 0.05) is 43.0 Å². The van der Waals surface area contributed by atoms with E-state index < -0.39 is 0 Å². The summed E-state index contributed by atoms with van der Waals surface area (Å²) in [5.41, 5.74) is 5.20. The Balaban J connectivity index is 0.000000190. The molecule has 7 heterocycles. The Bertz CT molecular complexity index is 3280. The molecule has 764 valence electrons. The van der Waals surface area contributed by atoms with Gasteiger partial charge in [-0.2, -0.15) is 0 Å². The molecule has 7 aliphatic carbocycles. The van der Waals surface area contributed by atoms with Crippen LogP contribution in [0, 0.1) is 109 Å². The Morgan fingerprint density at radius 1 is 0.311 bits per heavy atom. The van der Waals surface area contributed by atoms with Crippen molar-refractivity contribution in [2.75, 3.05) is 13.2 Å². The van der Waals surface area contributed by atoms with Crippen LogP contribution < -0.4 is 0 Å². The van der Waals surface area contributed by atoms with E-state index in [4.69, 9.17) is 33.2 Å². The molecule has 0 aromatic heterocycles. The SMILES string of the molecule is CCCCCCCC1(C)C=C2OC(=O)C(C)C2CC1.CCCCCCCC1(C)CCC2=C(C)C(=O)OC2C1.CCCCCCCC1(C)CCC2C(C)CC(=O)OC2C1.CCCCCCCC1(C)CCC2C(C)COC2C1.CCCCCCCC1(C)CCC2C(C1)OC(=O)C2C.CCCCCCCC1(C)CC[C@@H]2C(C1)OC(=O)C2C.CCCCCCCC1(C)CC[C@H]2C(C)COC2C1. The summed E-state index contributed by atoms with van der Waals surface area (Å²) in [5.74, 6) is 7.21. The molecule has 0 radical (unpaired) electrons. The number of hydrogen-bond acceptors (Lipinski definition) is 12. The van der Waals surface area contributed by atoms with Crippen LogP contribution in [0.25, 0.3) is 0 Å². The van der Waals surface area contributed by atoms with E-state index in [9.17, 15) is 24.0 Å². The van der Waals surface area contributed by atoms with Crippen LogP contribution in [-0.2, 0) is 57.1 Å². The molecule has 6 saturated carbocycles. The van der Waals surface area contributed by atoms with E-state index in [1.807, 2.05) is 27.7 Å². The number of unbranched alkanes of at least 4 members (excludes halogenated alkanes) is 28. The second-order valence-electron chi connectivity index (χ2n) is 49.8. The van der Waals surface area contributed by atoms with Crippen molar-refractivity contribution >= 4 is 29.8 Å². The lowest BCUT2D eigenvalue weighted by Gasteiger charge is -2.46. The summed E-state index contributed by atoms with van der Waals surface area (Å²) in [6.45, 7) is 49.8. The molecule has 14 aliphatic rings. The molecule has 0 aromatic carbocycles. The second kappa shape index (κ2) is 57.0. The molecule has 0 N–H and O–H groups in total. The lowest BCUT2D eigenvalue weighted by atomic mass is 9.64. The van der Waals surface area contributed by atoms with Crippen LogP contribution in [0.2, 0.25) is 0 Å². The molecule has 0 amide bonds. The van der Waals surface area contributed by atoms with E-state index in [1.165, 1.54) is 365 Å². The summed E-state index contributed by atoms with van der Waals surface area (Å²) in [6.07, 6.45) is 86.8. The average Bonchev–Trinajstić information content (AvgIpc) is 1.59. The van der Waals surface area contributed by atoms with Crippen molar-refractivity contribution in [1.82, 2.24) is 0 Å². The number of ether oxygens (including phenoxy) is 7. The fourth-order valence-electron chi connectivity index (χ4n) is 27.3. The summed E-state index contributed by atoms with van der Waals surface area (Å²) in [6, 6.07) is 0. The standard InChI is InChI=1S/C18H32O2.2C17H30O2.2C17H28O2.2C17H32O/c1-4-5-6-7-8-10-18(3)11-9-15-14(2)12-17(19)20-16(15)13-18;4*1-4-5-6-7-8-10-17(3)11-9-14-13(2)16(18)19-15(14)12-17;2*1-4-5-6-7-8-10-17(3)11-9-15-14(2)13-18-16(15)12-17/h14-16H,4-13H2,1-3H3;2*13-15H,4-12H2,1-3H3;15H,4-12H2,1-3H3;12-14H,4-11H2,1-3H3;2*14-16H,4-13H2,1-3H3/t;13?,14-,15?,17?;;;;14?,15-,16?,17?;/m.0...0./s1. The molecule has 12 nitrogen and oxygen atoms in total. The summed E-state index contributed by atoms with van der Waals surface area (Å²) in [5, 5.41) is 0. The summed E-state index contributed by atoms with van der Waals surface area (Å²) in [7, 11) is 0. The molecule has 0 spiro atoms. The predicted molar refractivity (Wildman–Crippen MR) is 549 cm³/mol. The third-order valence-electron chi connectivity index (χ3n) is 37.3. The van der Waals surface area contributed by atoms with Gasteiger partial charge in [0.15, 0.2) is 0 Å². The van der Waals surface area contributed by atoms with E-state index in [1.54, 1.807) is 0 Å². The van der Waals surface area contributed by atoms with Crippen LogP contribution in [0.4, 0.5) is 0 Å². The van der Waals surface area contributed by atoms with Gasteiger partial charge in [0.1, 0.15) is 30.2 Å². The van der Waals surface area contributed by atoms with E-state index >= 15 is 0 Å². The first-order chi connectivity index (χ1) is 63.1. The minimum Gasteiger partial charge on any atom is -0.462 e. The molecule has 7 aliphatic heterocycles. The number of esters is 5. The second-order valence-corrected chi connectivity index (χ2v) is 49.8. The van der Waals surface area contributed by atoms with Crippen LogP contribution in [0.3, 0.4) is 0 Å². The van der Waals surface area contributed by atoms with Crippen molar-refractivity contribution in [3.8, 4) is 0 Å². The fraction of sp³-hybridized carbons (Fsp3) is 0.925. The van der Waals surface area contributed by atoms with E-state index in [0.29, 0.717) is 80.7 Å². The minimum atomic E-state index is -0.0767. The zero-order valence-electron chi connectivity index (χ0n) is 90.3. The van der Waals surface area contributed by atoms with E-state index in [2.05, 4.69) is 124 Å². The maximum absolute atomic E-state index is 11.7. The highest BCUT2D eigenvalue weighted by atomic mass is 16.6. The van der Waals surface area contributed by atoms with Gasteiger partial charge in [0.05, 0.1) is 30.0 Å². The highest BCUT2D eigenvalue weighted by Crippen LogP contribution is 2.56. The molecule has 25 atom stereocenters. The van der Waals surface area contributed by atoms with Gasteiger partial charge in [-0.15, -0.1) is 0 Å². The highest BCUT2D eigenvalue weighted by molar-refractivity contribution is 5.91. The first-order valence-electron chi connectivity index (χ1n) is 57.7. The molecular weight excluding hydrogens is 1630 g/mol. The first-order valence-corrected chi connectivity index (χ1v) is 57.7. The van der Waals surface area contributed by atoms with Crippen molar-refractivity contribution in [1.29, 1.82) is 0 Å². The van der Waals surface area contributed by atoms with Gasteiger partial charge in [-0.25, -0.2) is 4.79 Å². The summed E-state index contributed by atoms with van der Waals surface area (Å²) < 4.78 is 39.8. The Labute approximate surface area is 813 Å². The maximum atomic E-state index is 11.7. The molecule has 6 saturated heterocycles. The number of hydrogen-bond donors (Lipinski definition) is 0. The predicted octanol–water partition coefficient (Wildman–Crippen LogP) is 34.5. The minimum absolute atomic E-state index is 0.0246. The Morgan fingerprint density at radius 3 is 0.977 bits per heavy atom. The normalized spacial score (nSPS) is 36.7. The summed E-state index contributed by atoms with van der Waals surface area (Å²) >= 11 is 0. The molecule has 132 heavy (non-hydrogen) atoms. The fourth-order valence-corrected chi connectivity index (χ4v) is 27.3. The van der Waals surface area contributed by atoms with Gasteiger partial charge in [-0.3, -0.25) is 19.2 Å². The van der Waals surface area contributed by atoms with Gasteiger partial charge in [0.2, 0.25) is 0 Å². The van der Waals surface area contributed by atoms with Crippen molar-refractivity contribution in [3.05, 3.63) is 23.0 Å². The first kappa shape index (κ1) is 114.